The Morgan fingerprint density at radius 2 is 2.14 bits per heavy atom. The Morgan fingerprint density at radius 1 is 1.29 bits per heavy atom. The second-order valence-corrected chi connectivity index (χ2v) is 8.63. The van der Waals surface area contributed by atoms with Crippen molar-refractivity contribution in [3.8, 4) is 0 Å². The van der Waals surface area contributed by atoms with Gasteiger partial charge in [0.05, 0.1) is 16.8 Å². The largest absolute Gasteiger partial charge is 0.365 e. The number of imide groups is 1. The summed E-state index contributed by atoms with van der Waals surface area (Å²) in [5.41, 5.74) is 1.84. The van der Waals surface area contributed by atoms with Crippen molar-refractivity contribution in [1.82, 2.24) is 15.3 Å². The molecule has 0 saturated carbocycles. The van der Waals surface area contributed by atoms with Gasteiger partial charge >= 0.3 is 0 Å². The highest BCUT2D eigenvalue weighted by molar-refractivity contribution is 8.18. The summed E-state index contributed by atoms with van der Waals surface area (Å²) >= 11 is 8.74. The summed E-state index contributed by atoms with van der Waals surface area (Å²) in [6.45, 7) is 0.560. The summed E-state index contributed by atoms with van der Waals surface area (Å²) in [6, 6.07) is 7.66. The third-order valence-corrected chi connectivity index (χ3v) is 6.45. The second kappa shape index (κ2) is 8.38. The number of allylic oxidation sites excluding steroid dienone is 2. The summed E-state index contributed by atoms with van der Waals surface area (Å²) in [5.74, 6) is 1.24. The SMILES string of the molecule is O=C1NC(=O)/C(=C/C2=CC(c3cncc(NCc4ccccc4Cl)n3)CS2)S1. The smallest absolute Gasteiger partial charge is 0.290 e. The molecule has 0 radical (unpaired) electrons. The predicted molar refractivity (Wildman–Crippen MR) is 113 cm³/mol. The van der Waals surface area contributed by atoms with Gasteiger partial charge in [0.15, 0.2) is 0 Å². The quantitative estimate of drug-likeness (QED) is 0.683. The molecule has 1 atom stereocenters. The number of anilines is 1. The van der Waals surface area contributed by atoms with Gasteiger partial charge in [-0.25, -0.2) is 4.98 Å². The van der Waals surface area contributed by atoms with Crippen molar-refractivity contribution in [2.75, 3.05) is 11.1 Å². The number of amides is 2. The van der Waals surface area contributed by atoms with Crippen LogP contribution in [0.15, 0.2) is 58.6 Å². The number of aromatic nitrogens is 2. The molecule has 1 saturated heterocycles. The van der Waals surface area contributed by atoms with E-state index in [1.807, 2.05) is 24.3 Å². The van der Waals surface area contributed by atoms with E-state index >= 15 is 0 Å². The molecule has 2 amide bonds. The maximum atomic E-state index is 11.7. The summed E-state index contributed by atoms with van der Waals surface area (Å²) in [4.78, 5) is 33.3. The fourth-order valence-corrected chi connectivity index (χ4v) is 4.81. The molecule has 3 heterocycles. The number of benzene rings is 1. The molecule has 2 aliphatic rings. The molecule has 2 aliphatic heterocycles. The van der Waals surface area contributed by atoms with Crippen molar-refractivity contribution in [1.29, 1.82) is 0 Å². The molecule has 0 bridgehead atoms. The first kappa shape index (κ1) is 19.0. The zero-order valence-corrected chi connectivity index (χ0v) is 16.9. The van der Waals surface area contributed by atoms with Crippen LogP contribution in [-0.4, -0.2) is 26.9 Å². The van der Waals surface area contributed by atoms with Gasteiger partial charge in [-0.15, -0.1) is 11.8 Å². The zero-order valence-electron chi connectivity index (χ0n) is 14.5. The minimum absolute atomic E-state index is 0.0941. The number of halogens is 1. The molecule has 2 aromatic rings. The molecule has 4 rings (SSSR count). The van der Waals surface area contributed by atoms with Crippen molar-refractivity contribution < 1.29 is 9.59 Å². The molecular formula is C19H15ClN4O2S2. The number of hydrogen-bond donors (Lipinski definition) is 2. The molecule has 28 heavy (non-hydrogen) atoms. The van der Waals surface area contributed by atoms with Crippen LogP contribution in [-0.2, 0) is 11.3 Å². The topological polar surface area (TPSA) is 84.0 Å². The Kier molecular flexibility index (Phi) is 5.70. The van der Waals surface area contributed by atoms with E-state index in [1.54, 1.807) is 30.2 Å². The third kappa shape index (κ3) is 4.40. The van der Waals surface area contributed by atoms with Crippen molar-refractivity contribution in [2.24, 2.45) is 0 Å². The highest BCUT2D eigenvalue weighted by Crippen LogP contribution is 2.38. The van der Waals surface area contributed by atoms with E-state index in [0.29, 0.717) is 22.3 Å². The predicted octanol–water partition coefficient (Wildman–Crippen LogP) is 4.32. The van der Waals surface area contributed by atoms with Crippen LogP contribution in [0.1, 0.15) is 17.2 Å². The average Bonchev–Trinajstić information content (AvgIpc) is 3.28. The lowest BCUT2D eigenvalue weighted by molar-refractivity contribution is -0.115. The standard InChI is InChI=1S/C19H15ClN4O2S2/c20-14-4-2-1-3-11(14)7-22-17-9-21-8-15(23-17)12-5-13(27-10-12)6-16-18(25)24-19(26)28-16/h1-6,8-9,12H,7,10H2,(H,22,23)(H,24,25,26)/b16-6-. The molecule has 6 nitrogen and oxygen atoms in total. The first-order valence-electron chi connectivity index (χ1n) is 8.47. The van der Waals surface area contributed by atoms with Crippen LogP contribution >= 0.6 is 35.1 Å². The van der Waals surface area contributed by atoms with E-state index in [-0.39, 0.29) is 17.1 Å². The Labute approximate surface area is 175 Å². The first-order valence-corrected chi connectivity index (χ1v) is 10.7. The number of nitrogens with one attached hydrogen (secondary N) is 2. The molecule has 1 fully saturated rings. The molecular weight excluding hydrogens is 416 g/mol. The van der Waals surface area contributed by atoms with Crippen LogP contribution in [0.5, 0.6) is 0 Å². The number of hydrogen-bond acceptors (Lipinski definition) is 7. The van der Waals surface area contributed by atoms with Crippen LogP contribution in [0.25, 0.3) is 0 Å². The van der Waals surface area contributed by atoms with E-state index in [9.17, 15) is 9.59 Å². The number of carbonyl (C=O) groups excluding carboxylic acids is 2. The average molecular weight is 431 g/mol. The molecule has 0 spiro atoms. The molecule has 142 valence electrons. The minimum Gasteiger partial charge on any atom is -0.365 e. The lowest BCUT2D eigenvalue weighted by atomic mass is 10.1. The van der Waals surface area contributed by atoms with Gasteiger partial charge in [-0.3, -0.25) is 19.9 Å². The van der Waals surface area contributed by atoms with Gasteiger partial charge in [0.1, 0.15) is 5.82 Å². The number of rotatable bonds is 5. The molecule has 0 aliphatic carbocycles. The number of carbonyl (C=O) groups is 2. The number of thioether (sulfide) groups is 2. The van der Waals surface area contributed by atoms with Gasteiger partial charge in [0, 0.05) is 34.3 Å². The Hall–Kier alpha value is -2.29. The first-order chi connectivity index (χ1) is 13.6. The van der Waals surface area contributed by atoms with Crippen molar-refractivity contribution in [3.05, 3.63) is 74.9 Å². The molecule has 9 heteroatoms. The number of nitrogens with zero attached hydrogens (tertiary/aromatic N) is 2. The monoisotopic (exact) mass is 430 g/mol. The fraction of sp³-hybridized carbons (Fsp3) is 0.158. The van der Waals surface area contributed by atoms with E-state index in [1.165, 1.54) is 0 Å². The van der Waals surface area contributed by atoms with Gasteiger partial charge < -0.3 is 5.32 Å². The normalized spacial score (nSPS) is 20.4. The fourth-order valence-electron chi connectivity index (χ4n) is 2.76. The van der Waals surface area contributed by atoms with Gasteiger partial charge in [-0.2, -0.15) is 0 Å². The lowest BCUT2D eigenvalue weighted by Crippen LogP contribution is -2.17. The van der Waals surface area contributed by atoms with Gasteiger partial charge in [-0.1, -0.05) is 35.9 Å². The molecule has 1 unspecified atom stereocenters. The van der Waals surface area contributed by atoms with E-state index in [2.05, 4.69) is 26.7 Å². The Balaban J connectivity index is 1.45. The van der Waals surface area contributed by atoms with Crippen LogP contribution in [0.3, 0.4) is 0 Å². The van der Waals surface area contributed by atoms with Crippen molar-refractivity contribution >= 4 is 52.1 Å². The van der Waals surface area contributed by atoms with Crippen LogP contribution < -0.4 is 10.6 Å². The Bertz CT molecular complexity index is 1010. The third-order valence-electron chi connectivity index (χ3n) is 4.16. The summed E-state index contributed by atoms with van der Waals surface area (Å²) in [7, 11) is 0. The van der Waals surface area contributed by atoms with Crippen LogP contribution in [0.2, 0.25) is 5.02 Å². The second-order valence-electron chi connectivity index (χ2n) is 6.11. The molecule has 2 N–H and O–H groups in total. The summed E-state index contributed by atoms with van der Waals surface area (Å²) in [5, 5.41) is 5.89. The maximum Gasteiger partial charge on any atom is 0.290 e. The summed E-state index contributed by atoms with van der Waals surface area (Å²) in [6.07, 6.45) is 7.23. The van der Waals surface area contributed by atoms with Gasteiger partial charge in [0.25, 0.3) is 11.1 Å². The van der Waals surface area contributed by atoms with Gasteiger partial charge in [-0.05, 0) is 29.5 Å². The molecule has 1 aromatic carbocycles. The highest BCUT2D eigenvalue weighted by atomic mass is 35.5. The van der Waals surface area contributed by atoms with E-state index in [4.69, 9.17) is 11.6 Å². The van der Waals surface area contributed by atoms with E-state index < -0.39 is 0 Å². The van der Waals surface area contributed by atoms with Crippen molar-refractivity contribution in [2.45, 2.75) is 12.5 Å². The van der Waals surface area contributed by atoms with Crippen LogP contribution in [0.4, 0.5) is 10.6 Å². The maximum absolute atomic E-state index is 11.7. The minimum atomic E-state index is -0.342. The van der Waals surface area contributed by atoms with Crippen LogP contribution in [0, 0.1) is 0 Å². The van der Waals surface area contributed by atoms with Gasteiger partial charge in [0.2, 0.25) is 0 Å². The highest BCUT2D eigenvalue weighted by Gasteiger charge is 2.27. The molecule has 1 aromatic heterocycles. The Morgan fingerprint density at radius 3 is 2.93 bits per heavy atom. The summed E-state index contributed by atoms with van der Waals surface area (Å²) < 4.78 is 0. The zero-order chi connectivity index (χ0) is 19.5. The lowest BCUT2D eigenvalue weighted by Gasteiger charge is -2.10. The van der Waals surface area contributed by atoms with E-state index in [0.717, 1.165) is 33.7 Å². The van der Waals surface area contributed by atoms with Crippen molar-refractivity contribution in [3.63, 3.8) is 0 Å².